The zero-order chi connectivity index (χ0) is 10.9. The van der Waals surface area contributed by atoms with Crippen LogP contribution in [0.5, 0.6) is 0 Å². The van der Waals surface area contributed by atoms with Crippen LogP contribution in [-0.2, 0) is 0 Å². The Morgan fingerprint density at radius 1 is 0.933 bits per heavy atom. The van der Waals surface area contributed by atoms with E-state index in [9.17, 15) is 0 Å². The molecule has 15 heavy (non-hydrogen) atoms. The molecule has 0 bridgehead atoms. The van der Waals surface area contributed by atoms with Gasteiger partial charge in [0.25, 0.3) is 0 Å². The third-order valence-electron chi connectivity index (χ3n) is 3.62. The molecule has 0 unspecified atom stereocenters. The molecule has 1 saturated heterocycles. The van der Waals surface area contributed by atoms with E-state index in [1.807, 2.05) is 0 Å². The number of nitrogens with one attached hydrogen (secondary N) is 1. The van der Waals surface area contributed by atoms with Crippen LogP contribution in [0.4, 0.5) is 0 Å². The molecule has 1 aliphatic heterocycles. The van der Waals surface area contributed by atoms with E-state index >= 15 is 0 Å². The Balaban J connectivity index is 1.81. The molecule has 90 valence electrons. The molecule has 1 heteroatoms. The van der Waals surface area contributed by atoms with Gasteiger partial charge in [0.15, 0.2) is 0 Å². The van der Waals surface area contributed by atoms with Gasteiger partial charge in [0.1, 0.15) is 0 Å². The van der Waals surface area contributed by atoms with Gasteiger partial charge in [-0.05, 0) is 26.2 Å². The number of rotatable bonds is 8. The van der Waals surface area contributed by atoms with Crippen molar-refractivity contribution in [2.75, 3.05) is 0 Å². The van der Waals surface area contributed by atoms with E-state index in [0.717, 1.165) is 12.1 Å². The van der Waals surface area contributed by atoms with Gasteiger partial charge in [0, 0.05) is 12.1 Å². The van der Waals surface area contributed by atoms with E-state index in [1.54, 1.807) is 0 Å². The molecular weight excluding hydrogens is 182 g/mol. The van der Waals surface area contributed by atoms with Gasteiger partial charge in [0.05, 0.1) is 0 Å². The van der Waals surface area contributed by atoms with Crippen LogP contribution in [0.1, 0.15) is 78.1 Å². The van der Waals surface area contributed by atoms with Crippen molar-refractivity contribution in [2.45, 2.75) is 90.1 Å². The molecule has 0 spiro atoms. The summed E-state index contributed by atoms with van der Waals surface area (Å²) in [4.78, 5) is 0. The quantitative estimate of drug-likeness (QED) is 0.591. The maximum Gasteiger partial charge on any atom is 0.00701 e. The lowest BCUT2D eigenvalue weighted by molar-refractivity contribution is 0.486. The van der Waals surface area contributed by atoms with Crippen molar-refractivity contribution in [3.63, 3.8) is 0 Å². The molecule has 0 saturated carbocycles. The van der Waals surface area contributed by atoms with E-state index < -0.39 is 0 Å². The summed E-state index contributed by atoms with van der Waals surface area (Å²) in [5.74, 6) is 0. The number of unbranched alkanes of at least 4 members (excludes halogenated alkanes) is 6. The third kappa shape index (κ3) is 6.19. The molecule has 0 aliphatic carbocycles. The fourth-order valence-corrected chi connectivity index (χ4v) is 2.60. The largest absolute Gasteiger partial charge is 0.312 e. The van der Waals surface area contributed by atoms with Crippen molar-refractivity contribution in [3.8, 4) is 0 Å². The van der Waals surface area contributed by atoms with Gasteiger partial charge in [-0.25, -0.2) is 0 Å². The topological polar surface area (TPSA) is 12.0 Å². The van der Waals surface area contributed by atoms with Crippen LogP contribution >= 0.6 is 0 Å². The predicted molar refractivity (Wildman–Crippen MR) is 68.2 cm³/mol. The molecule has 1 N–H and O–H groups in total. The lowest BCUT2D eigenvalue weighted by atomic mass is 10.0. The molecule has 0 amide bonds. The average Bonchev–Trinajstić information content (AvgIpc) is 2.63. The fourth-order valence-electron chi connectivity index (χ4n) is 2.60. The fraction of sp³-hybridized carbons (Fsp3) is 1.00. The molecule has 1 heterocycles. The van der Waals surface area contributed by atoms with Crippen molar-refractivity contribution in [1.29, 1.82) is 0 Å². The van der Waals surface area contributed by atoms with Gasteiger partial charge in [0.2, 0.25) is 0 Å². The van der Waals surface area contributed by atoms with Crippen LogP contribution in [0.2, 0.25) is 0 Å². The summed E-state index contributed by atoms with van der Waals surface area (Å²) in [7, 11) is 0. The average molecular weight is 211 g/mol. The first-order valence-electron chi connectivity index (χ1n) is 7.09. The maximum atomic E-state index is 3.67. The SMILES string of the molecule is CCCCCCCCC[C@H]1CC[C@H](C)N1. The monoisotopic (exact) mass is 211 g/mol. The molecule has 1 aliphatic rings. The first-order valence-corrected chi connectivity index (χ1v) is 7.09. The number of hydrogen-bond donors (Lipinski definition) is 1. The summed E-state index contributed by atoms with van der Waals surface area (Å²) in [6.45, 7) is 4.59. The van der Waals surface area contributed by atoms with Crippen LogP contribution in [0.15, 0.2) is 0 Å². The molecular formula is C14H29N. The third-order valence-corrected chi connectivity index (χ3v) is 3.62. The Labute approximate surface area is 96.0 Å². The second-order valence-electron chi connectivity index (χ2n) is 5.25. The summed E-state index contributed by atoms with van der Waals surface area (Å²) in [5, 5.41) is 3.67. The van der Waals surface area contributed by atoms with Crippen molar-refractivity contribution in [3.05, 3.63) is 0 Å². The Morgan fingerprint density at radius 3 is 2.20 bits per heavy atom. The minimum absolute atomic E-state index is 0.777. The highest BCUT2D eigenvalue weighted by atomic mass is 15.0. The van der Waals surface area contributed by atoms with E-state index in [0.29, 0.717) is 0 Å². The van der Waals surface area contributed by atoms with E-state index in [-0.39, 0.29) is 0 Å². The highest BCUT2D eigenvalue weighted by molar-refractivity contribution is 4.80. The highest BCUT2D eigenvalue weighted by Crippen LogP contribution is 2.17. The Hall–Kier alpha value is -0.0400. The smallest absolute Gasteiger partial charge is 0.00701 e. The van der Waals surface area contributed by atoms with Gasteiger partial charge in [-0.15, -0.1) is 0 Å². The molecule has 0 aromatic heterocycles. The van der Waals surface area contributed by atoms with E-state index in [4.69, 9.17) is 0 Å². The summed E-state index contributed by atoms with van der Waals surface area (Å²) in [6, 6.07) is 1.62. The standard InChI is InChI=1S/C14H29N/c1-3-4-5-6-7-8-9-10-14-12-11-13(2)15-14/h13-15H,3-12H2,1-2H3/t13-,14-/m0/s1. The van der Waals surface area contributed by atoms with E-state index in [1.165, 1.54) is 64.2 Å². The summed E-state index contributed by atoms with van der Waals surface area (Å²) in [6.07, 6.45) is 14.3. The van der Waals surface area contributed by atoms with Crippen molar-refractivity contribution < 1.29 is 0 Å². The van der Waals surface area contributed by atoms with Crippen LogP contribution in [-0.4, -0.2) is 12.1 Å². The minimum Gasteiger partial charge on any atom is -0.312 e. The summed E-state index contributed by atoms with van der Waals surface area (Å²) < 4.78 is 0. The van der Waals surface area contributed by atoms with Gasteiger partial charge in [-0.3, -0.25) is 0 Å². The van der Waals surface area contributed by atoms with E-state index in [2.05, 4.69) is 19.2 Å². The van der Waals surface area contributed by atoms with Gasteiger partial charge in [-0.1, -0.05) is 51.9 Å². The van der Waals surface area contributed by atoms with Gasteiger partial charge >= 0.3 is 0 Å². The first kappa shape index (κ1) is 13.0. The van der Waals surface area contributed by atoms with Gasteiger partial charge in [-0.2, -0.15) is 0 Å². The molecule has 0 aromatic carbocycles. The lowest BCUT2D eigenvalue weighted by Crippen LogP contribution is -2.26. The Bertz CT molecular complexity index is 144. The summed E-state index contributed by atoms with van der Waals surface area (Å²) >= 11 is 0. The normalized spacial score (nSPS) is 26.0. The highest BCUT2D eigenvalue weighted by Gasteiger charge is 2.18. The van der Waals surface area contributed by atoms with Crippen molar-refractivity contribution >= 4 is 0 Å². The van der Waals surface area contributed by atoms with Crippen molar-refractivity contribution in [1.82, 2.24) is 5.32 Å². The predicted octanol–water partition coefficient (Wildman–Crippen LogP) is 4.27. The minimum atomic E-state index is 0.777. The molecule has 1 rings (SSSR count). The van der Waals surface area contributed by atoms with Gasteiger partial charge < -0.3 is 5.32 Å². The lowest BCUT2D eigenvalue weighted by Gasteiger charge is -2.11. The van der Waals surface area contributed by atoms with Crippen LogP contribution < -0.4 is 5.32 Å². The molecule has 1 nitrogen and oxygen atoms in total. The molecule has 2 atom stereocenters. The Kier molecular flexibility index (Phi) is 7.08. The number of hydrogen-bond acceptors (Lipinski definition) is 1. The first-order chi connectivity index (χ1) is 7.33. The van der Waals surface area contributed by atoms with Crippen LogP contribution in [0, 0.1) is 0 Å². The second kappa shape index (κ2) is 8.15. The molecule has 0 radical (unpaired) electrons. The zero-order valence-corrected chi connectivity index (χ0v) is 10.7. The zero-order valence-electron chi connectivity index (χ0n) is 10.7. The maximum absolute atomic E-state index is 3.67. The van der Waals surface area contributed by atoms with Crippen molar-refractivity contribution in [2.24, 2.45) is 0 Å². The molecule has 0 aromatic rings. The van der Waals surface area contributed by atoms with Crippen LogP contribution in [0.25, 0.3) is 0 Å². The molecule has 1 fully saturated rings. The summed E-state index contributed by atoms with van der Waals surface area (Å²) in [5.41, 5.74) is 0. The van der Waals surface area contributed by atoms with Crippen LogP contribution in [0.3, 0.4) is 0 Å². The Morgan fingerprint density at radius 2 is 1.60 bits per heavy atom. The second-order valence-corrected chi connectivity index (χ2v) is 5.25.